The van der Waals surface area contributed by atoms with Crippen LogP contribution in [0.3, 0.4) is 0 Å². The summed E-state index contributed by atoms with van der Waals surface area (Å²) in [6, 6.07) is 15.7. The highest BCUT2D eigenvalue weighted by molar-refractivity contribution is 9.10. The number of carboxylic acid groups (broad SMARTS) is 1. The molecule has 10 nitrogen and oxygen atoms in total. The quantitative estimate of drug-likeness (QED) is 0.173. The number of nitro groups is 1. The summed E-state index contributed by atoms with van der Waals surface area (Å²) in [7, 11) is 0. The largest absolute Gasteiger partial charge is 0.481 e. The predicted octanol–water partition coefficient (Wildman–Crippen LogP) is 5.52. The van der Waals surface area contributed by atoms with E-state index >= 15 is 0 Å². The first kappa shape index (κ1) is 26.7. The minimum absolute atomic E-state index is 0.0659. The summed E-state index contributed by atoms with van der Waals surface area (Å²) in [5, 5.41) is 25.7. The number of ether oxygens (including phenoxy) is 1. The molecule has 0 unspecified atom stereocenters. The highest BCUT2D eigenvalue weighted by atomic mass is 79.9. The summed E-state index contributed by atoms with van der Waals surface area (Å²) in [4.78, 5) is 40.6. The van der Waals surface area contributed by atoms with E-state index in [9.17, 15) is 24.8 Å². The van der Waals surface area contributed by atoms with E-state index in [4.69, 9.17) is 4.74 Å². The van der Waals surface area contributed by atoms with Gasteiger partial charge in [0.05, 0.1) is 27.6 Å². The number of aromatic carboxylic acids is 1. The van der Waals surface area contributed by atoms with Crippen LogP contribution in [0.4, 0.5) is 5.69 Å². The highest BCUT2D eigenvalue weighted by Crippen LogP contribution is 2.31. The number of carboxylic acids is 1. The van der Waals surface area contributed by atoms with Crippen molar-refractivity contribution in [3.63, 3.8) is 0 Å². The van der Waals surface area contributed by atoms with Gasteiger partial charge in [-0.15, -0.1) is 0 Å². The van der Waals surface area contributed by atoms with Gasteiger partial charge >= 0.3 is 11.7 Å². The number of nitrogens with zero attached hydrogens (tertiary/aromatic N) is 4. The lowest BCUT2D eigenvalue weighted by molar-refractivity contribution is -0.385. The number of rotatable bonds is 7. The minimum Gasteiger partial charge on any atom is -0.481 e. The zero-order chi connectivity index (χ0) is 27.6. The average Bonchev–Trinajstić information content (AvgIpc) is 2.86. The molecule has 0 radical (unpaired) electrons. The van der Waals surface area contributed by atoms with Crippen LogP contribution < -0.4 is 10.3 Å². The van der Waals surface area contributed by atoms with Gasteiger partial charge in [-0.3, -0.25) is 14.9 Å². The summed E-state index contributed by atoms with van der Waals surface area (Å²) in [6.07, 6.45) is 1.32. The third-order valence-corrected chi connectivity index (χ3v) is 6.06. The summed E-state index contributed by atoms with van der Waals surface area (Å²) in [5.41, 5.74) is 0.131. The molecule has 11 heteroatoms. The first-order valence-electron chi connectivity index (χ1n) is 11.5. The van der Waals surface area contributed by atoms with Crippen LogP contribution in [-0.4, -0.2) is 31.9 Å². The number of halogens is 1. The Morgan fingerprint density at radius 2 is 1.92 bits per heavy atom. The number of carbonyl (C=O) groups is 1. The first-order valence-corrected chi connectivity index (χ1v) is 12.2. The fraction of sp³-hybridized carbons (Fsp3) is 0.185. The van der Waals surface area contributed by atoms with Crippen LogP contribution in [0.15, 0.2) is 75.0 Å². The van der Waals surface area contributed by atoms with E-state index in [2.05, 4.69) is 26.0 Å². The molecule has 0 aliphatic carbocycles. The molecule has 38 heavy (non-hydrogen) atoms. The Balaban J connectivity index is 1.80. The second-order valence-corrected chi connectivity index (χ2v) is 10.4. The molecule has 0 bridgehead atoms. The Kier molecular flexibility index (Phi) is 7.40. The molecular formula is C27H23BrN4O6. The number of para-hydroxylation sites is 1. The molecule has 0 aliphatic heterocycles. The maximum absolute atomic E-state index is 13.4. The Bertz CT molecular complexity index is 1660. The van der Waals surface area contributed by atoms with E-state index in [1.165, 1.54) is 35.2 Å². The van der Waals surface area contributed by atoms with Crippen molar-refractivity contribution < 1.29 is 19.6 Å². The number of nitro benzene ring substituents is 1. The summed E-state index contributed by atoms with van der Waals surface area (Å²) >= 11 is 3.38. The van der Waals surface area contributed by atoms with E-state index in [-0.39, 0.29) is 29.2 Å². The van der Waals surface area contributed by atoms with Crippen molar-refractivity contribution in [1.82, 2.24) is 9.66 Å². The van der Waals surface area contributed by atoms with Gasteiger partial charge in [-0.25, -0.2) is 9.78 Å². The molecule has 0 aliphatic rings. The van der Waals surface area contributed by atoms with Crippen molar-refractivity contribution in [3.8, 4) is 5.75 Å². The molecule has 1 aromatic heterocycles. The van der Waals surface area contributed by atoms with Gasteiger partial charge in [0.2, 0.25) is 5.75 Å². The van der Waals surface area contributed by atoms with Gasteiger partial charge in [0.25, 0.3) is 5.56 Å². The van der Waals surface area contributed by atoms with Crippen molar-refractivity contribution in [2.75, 3.05) is 0 Å². The Morgan fingerprint density at radius 1 is 1.18 bits per heavy atom. The molecule has 0 fully saturated rings. The third kappa shape index (κ3) is 5.62. The SMILES string of the molecule is CC(C)(C)c1nc2ccc(Br)cc2c(=O)n1N=Cc1cccc([N+](=O)[O-])c1OCc1cccc(C(=O)O)c1. The third-order valence-electron chi connectivity index (χ3n) is 5.57. The van der Waals surface area contributed by atoms with Crippen LogP contribution >= 0.6 is 15.9 Å². The van der Waals surface area contributed by atoms with Gasteiger partial charge in [0.1, 0.15) is 12.4 Å². The van der Waals surface area contributed by atoms with Crippen molar-refractivity contribution in [3.05, 3.63) is 108 Å². The van der Waals surface area contributed by atoms with Crippen molar-refractivity contribution >= 4 is 44.7 Å². The van der Waals surface area contributed by atoms with Gasteiger partial charge < -0.3 is 9.84 Å². The maximum atomic E-state index is 13.4. The van der Waals surface area contributed by atoms with Crippen LogP contribution in [0.1, 0.15) is 48.1 Å². The van der Waals surface area contributed by atoms with Gasteiger partial charge in [0, 0.05) is 21.5 Å². The Hall–Kier alpha value is -4.38. The summed E-state index contributed by atoms with van der Waals surface area (Å²) in [5.74, 6) is -0.753. The lowest BCUT2D eigenvalue weighted by Crippen LogP contribution is -2.29. The lowest BCUT2D eigenvalue weighted by atomic mass is 9.95. The number of hydrogen-bond acceptors (Lipinski definition) is 7. The van der Waals surface area contributed by atoms with E-state index in [1.807, 2.05) is 20.8 Å². The van der Waals surface area contributed by atoms with Crippen molar-refractivity contribution in [1.29, 1.82) is 0 Å². The molecular weight excluding hydrogens is 556 g/mol. The first-order chi connectivity index (χ1) is 18.0. The molecule has 3 aromatic carbocycles. The molecule has 1 heterocycles. The second-order valence-electron chi connectivity index (χ2n) is 9.46. The van der Waals surface area contributed by atoms with Crippen LogP contribution in [0.25, 0.3) is 10.9 Å². The van der Waals surface area contributed by atoms with Crippen LogP contribution in [0, 0.1) is 10.1 Å². The number of benzene rings is 3. The molecule has 4 rings (SSSR count). The normalized spacial score (nSPS) is 11.7. The molecule has 0 spiro atoms. The summed E-state index contributed by atoms with van der Waals surface area (Å²) in [6.45, 7) is 5.58. The second kappa shape index (κ2) is 10.5. The maximum Gasteiger partial charge on any atom is 0.335 e. The molecule has 0 saturated carbocycles. The zero-order valence-corrected chi connectivity index (χ0v) is 22.3. The topological polar surface area (TPSA) is 137 Å². The Morgan fingerprint density at radius 3 is 2.61 bits per heavy atom. The number of hydrogen-bond donors (Lipinski definition) is 1. The highest BCUT2D eigenvalue weighted by Gasteiger charge is 2.24. The Labute approximate surface area is 225 Å². The van der Waals surface area contributed by atoms with Crippen LogP contribution in [0.5, 0.6) is 5.75 Å². The standard InChI is InChI=1S/C27H23BrN4O6/c1-27(2,3)26-30-21-11-10-19(28)13-20(21)24(33)31(26)29-14-18-8-5-9-22(32(36)37)23(18)38-15-16-6-4-7-17(12-16)25(34)35/h4-14H,15H2,1-3H3,(H,34,35). The molecule has 1 N–H and O–H groups in total. The minimum atomic E-state index is -1.10. The molecule has 194 valence electrons. The molecule has 0 saturated heterocycles. The van der Waals surface area contributed by atoms with Crippen LogP contribution in [-0.2, 0) is 12.0 Å². The van der Waals surface area contributed by atoms with E-state index < -0.39 is 21.9 Å². The van der Waals surface area contributed by atoms with E-state index in [0.29, 0.717) is 26.8 Å². The summed E-state index contributed by atoms with van der Waals surface area (Å²) < 4.78 is 7.72. The van der Waals surface area contributed by atoms with Gasteiger partial charge in [-0.2, -0.15) is 9.78 Å². The molecule has 0 atom stereocenters. The van der Waals surface area contributed by atoms with Gasteiger partial charge in [0.15, 0.2) is 0 Å². The molecule has 0 amide bonds. The fourth-order valence-electron chi connectivity index (χ4n) is 3.76. The smallest absolute Gasteiger partial charge is 0.335 e. The van der Waals surface area contributed by atoms with Gasteiger partial charge in [-0.1, -0.05) is 54.9 Å². The number of aromatic nitrogens is 2. The fourth-order valence-corrected chi connectivity index (χ4v) is 4.12. The molecule has 4 aromatic rings. The predicted molar refractivity (Wildman–Crippen MR) is 146 cm³/mol. The van der Waals surface area contributed by atoms with Crippen molar-refractivity contribution in [2.24, 2.45) is 5.10 Å². The van der Waals surface area contributed by atoms with Crippen LogP contribution in [0.2, 0.25) is 0 Å². The van der Waals surface area contributed by atoms with E-state index in [1.54, 1.807) is 36.4 Å². The number of fused-ring (bicyclic) bond motifs is 1. The van der Waals surface area contributed by atoms with Crippen molar-refractivity contribution in [2.45, 2.75) is 32.8 Å². The van der Waals surface area contributed by atoms with E-state index in [0.717, 1.165) is 0 Å². The zero-order valence-electron chi connectivity index (χ0n) is 20.7. The monoisotopic (exact) mass is 578 g/mol. The lowest BCUT2D eigenvalue weighted by Gasteiger charge is -2.21. The average molecular weight is 579 g/mol. The van der Waals surface area contributed by atoms with Gasteiger partial charge in [-0.05, 0) is 42.0 Å².